The topological polar surface area (TPSA) is 41.9 Å². The molecule has 3 aromatic rings. The maximum Gasteiger partial charge on any atom is 0.150 e. The van der Waals surface area contributed by atoms with Gasteiger partial charge in [-0.2, -0.15) is 0 Å². The molecule has 0 aromatic heterocycles. The molecule has 2 aliphatic rings. The second-order valence-electron chi connectivity index (χ2n) is 8.60. The second kappa shape index (κ2) is 13.8. The lowest BCUT2D eigenvalue weighted by Gasteiger charge is -2.37. The summed E-state index contributed by atoms with van der Waals surface area (Å²) < 4.78 is 25.0. The van der Waals surface area contributed by atoms with E-state index >= 15 is 0 Å². The van der Waals surface area contributed by atoms with Crippen LogP contribution in [0.5, 0.6) is 11.5 Å². The Bertz CT molecular complexity index is 1090. The van der Waals surface area contributed by atoms with Crippen LogP contribution in [-0.4, -0.2) is 50.0 Å². The van der Waals surface area contributed by atoms with Crippen molar-refractivity contribution in [2.45, 2.75) is 26.9 Å². The van der Waals surface area contributed by atoms with Crippen LogP contribution in [0.3, 0.4) is 0 Å². The van der Waals surface area contributed by atoms with Crippen LogP contribution < -0.4 is 9.47 Å². The SMILES string of the molecule is CC.CC1=C(c2ccccc2)[C@@H](c2ccc(OCCN3CC(CF)C3)cc2)Oc2ccccc21.CO. The third-order valence-corrected chi connectivity index (χ3v) is 6.40. The third kappa shape index (κ3) is 6.34. The van der Waals surface area contributed by atoms with Crippen molar-refractivity contribution in [3.63, 3.8) is 0 Å². The van der Waals surface area contributed by atoms with Gasteiger partial charge >= 0.3 is 0 Å². The molecule has 2 heterocycles. The first kappa shape index (κ1) is 27.4. The number of aliphatic hydroxyl groups excluding tert-OH is 1. The number of aliphatic hydroxyl groups is 1. The van der Waals surface area contributed by atoms with Crippen molar-refractivity contribution in [1.29, 1.82) is 0 Å². The van der Waals surface area contributed by atoms with E-state index < -0.39 is 0 Å². The maximum atomic E-state index is 12.6. The molecule has 0 aliphatic carbocycles. The van der Waals surface area contributed by atoms with Gasteiger partial charge in [0, 0.05) is 43.8 Å². The van der Waals surface area contributed by atoms with Crippen LogP contribution in [0.25, 0.3) is 11.1 Å². The monoisotopic (exact) mass is 491 g/mol. The number of ether oxygens (including phenoxy) is 2. The predicted octanol–water partition coefficient (Wildman–Crippen LogP) is 6.67. The summed E-state index contributed by atoms with van der Waals surface area (Å²) in [6.45, 7) is 9.09. The molecule has 1 fully saturated rings. The molecule has 5 heteroatoms. The van der Waals surface area contributed by atoms with E-state index in [1.165, 1.54) is 16.7 Å². The molecule has 0 radical (unpaired) electrons. The smallest absolute Gasteiger partial charge is 0.150 e. The van der Waals surface area contributed by atoms with Gasteiger partial charge in [0.2, 0.25) is 0 Å². The van der Waals surface area contributed by atoms with Crippen LogP contribution in [0.1, 0.15) is 43.6 Å². The van der Waals surface area contributed by atoms with Gasteiger partial charge < -0.3 is 14.6 Å². The fourth-order valence-electron chi connectivity index (χ4n) is 4.62. The van der Waals surface area contributed by atoms with Crippen LogP contribution in [0, 0.1) is 5.92 Å². The van der Waals surface area contributed by atoms with Crippen LogP contribution in [0.2, 0.25) is 0 Å². The fourth-order valence-corrected chi connectivity index (χ4v) is 4.62. The second-order valence-corrected chi connectivity index (χ2v) is 8.60. The quantitative estimate of drug-likeness (QED) is 0.401. The lowest BCUT2D eigenvalue weighted by Crippen LogP contribution is -2.49. The summed E-state index contributed by atoms with van der Waals surface area (Å²) >= 11 is 0. The molecule has 2 aliphatic heterocycles. The molecular weight excluding hydrogens is 453 g/mol. The maximum absolute atomic E-state index is 12.6. The van der Waals surface area contributed by atoms with Crippen LogP contribution in [-0.2, 0) is 0 Å². The van der Waals surface area contributed by atoms with E-state index in [4.69, 9.17) is 14.6 Å². The number of fused-ring (bicyclic) bond motifs is 1. The fraction of sp³-hybridized carbons (Fsp3) is 0.355. The zero-order valence-corrected chi connectivity index (χ0v) is 21.8. The highest BCUT2D eigenvalue weighted by atomic mass is 19.1. The van der Waals surface area contributed by atoms with Crippen molar-refractivity contribution in [2.24, 2.45) is 5.92 Å². The number of rotatable bonds is 7. The molecule has 3 aromatic carbocycles. The largest absolute Gasteiger partial charge is 0.492 e. The summed E-state index contributed by atoms with van der Waals surface area (Å²) in [6.07, 6.45) is -0.180. The molecule has 36 heavy (non-hydrogen) atoms. The number of alkyl halides is 1. The first-order chi connectivity index (χ1) is 17.7. The van der Waals surface area contributed by atoms with E-state index in [0.717, 1.165) is 49.4 Å². The average Bonchev–Trinajstić information content (AvgIpc) is 2.93. The van der Waals surface area contributed by atoms with Gasteiger partial charge in [0.05, 0.1) is 6.67 Å². The highest BCUT2D eigenvalue weighted by Crippen LogP contribution is 2.46. The van der Waals surface area contributed by atoms with Crippen molar-refractivity contribution in [3.05, 3.63) is 95.6 Å². The van der Waals surface area contributed by atoms with Gasteiger partial charge in [-0.05, 0) is 41.8 Å². The molecule has 1 saturated heterocycles. The zero-order valence-electron chi connectivity index (χ0n) is 21.8. The lowest BCUT2D eigenvalue weighted by molar-refractivity contribution is 0.0668. The molecule has 0 unspecified atom stereocenters. The Kier molecular flexibility index (Phi) is 10.5. The molecule has 0 saturated carbocycles. The Morgan fingerprint density at radius 2 is 1.56 bits per heavy atom. The van der Waals surface area contributed by atoms with Crippen molar-refractivity contribution in [2.75, 3.05) is 40.0 Å². The molecule has 1 atom stereocenters. The van der Waals surface area contributed by atoms with E-state index in [-0.39, 0.29) is 18.7 Å². The van der Waals surface area contributed by atoms with Gasteiger partial charge in [-0.1, -0.05) is 74.5 Å². The Morgan fingerprint density at radius 3 is 2.22 bits per heavy atom. The lowest BCUT2D eigenvalue weighted by atomic mass is 9.86. The van der Waals surface area contributed by atoms with Crippen LogP contribution >= 0.6 is 0 Å². The van der Waals surface area contributed by atoms with Gasteiger partial charge in [-0.15, -0.1) is 0 Å². The van der Waals surface area contributed by atoms with Crippen LogP contribution in [0.4, 0.5) is 4.39 Å². The number of hydrogen-bond donors (Lipinski definition) is 1. The summed E-state index contributed by atoms with van der Waals surface area (Å²) in [6, 6.07) is 26.9. The minimum Gasteiger partial charge on any atom is -0.492 e. The number of para-hydroxylation sites is 1. The van der Waals surface area contributed by atoms with E-state index in [1.54, 1.807) is 0 Å². The van der Waals surface area contributed by atoms with E-state index in [2.05, 4.69) is 60.4 Å². The Hall–Kier alpha value is -3.15. The Morgan fingerprint density at radius 1 is 0.917 bits per heavy atom. The molecule has 5 rings (SSSR count). The Balaban J connectivity index is 0.000000861. The van der Waals surface area contributed by atoms with Crippen molar-refractivity contribution in [3.8, 4) is 11.5 Å². The Labute approximate surface area is 215 Å². The number of likely N-dealkylation sites (tertiary alicyclic amines) is 1. The van der Waals surface area contributed by atoms with E-state index in [0.29, 0.717) is 6.61 Å². The zero-order chi connectivity index (χ0) is 25.9. The van der Waals surface area contributed by atoms with E-state index in [9.17, 15) is 4.39 Å². The summed E-state index contributed by atoms with van der Waals surface area (Å²) in [5.74, 6) is 1.97. The van der Waals surface area contributed by atoms with Gasteiger partial charge in [0.25, 0.3) is 0 Å². The molecule has 1 N–H and O–H groups in total. The summed E-state index contributed by atoms with van der Waals surface area (Å²) in [7, 11) is 1.00. The molecule has 0 amide bonds. The minimum atomic E-state index is -0.217. The standard InChI is InChI=1S/C28H28FNO2.C2H6.CH4O/c1-20-25-9-5-6-10-26(25)32-28(27(20)22-7-3-2-4-8-22)23-11-13-24(14-12-23)31-16-15-30-18-21(17-29)19-30;2*1-2/h2-14,21,28H,15-19H2,1H3;1-2H3;2H,1H3/t28-;;/m1../s1. The number of allylic oxidation sites excluding steroid dienone is 1. The molecule has 192 valence electrons. The van der Waals surface area contributed by atoms with Crippen molar-refractivity contribution < 1.29 is 19.0 Å². The number of halogens is 1. The highest BCUT2D eigenvalue weighted by molar-refractivity contribution is 5.95. The van der Waals surface area contributed by atoms with Gasteiger partial charge in [-0.3, -0.25) is 9.29 Å². The first-order valence-corrected chi connectivity index (χ1v) is 12.7. The normalized spacial score (nSPS) is 16.9. The first-order valence-electron chi connectivity index (χ1n) is 12.7. The van der Waals surface area contributed by atoms with Crippen LogP contribution in [0.15, 0.2) is 78.9 Å². The highest BCUT2D eigenvalue weighted by Gasteiger charge is 2.29. The van der Waals surface area contributed by atoms with Gasteiger partial charge in [0.15, 0.2) is 0 Å². The summed E-state index contributed by atoms with van der Waals surface area (Å²) in [5, 5.41) is 7.00. The average molecular weight is 492 g/mol. The summed E-state index contributed by atoms with van der Waals surface area (Å²) in [5.41, 5.74) is 5.84. The predicted molar refractivity (Wildman–Crippen MR) is 146 cm³/mol. The van der Waals surface area contributed by atoms with Gasteiger partial charge in [0.1, 0.15) is 24.2 Å². The number of hydrogen-bond acceptors (Lipinski definition) is 4. The number of nitrogens with zero attached hydrogens (tertiary/aromatic N) is 1. The molecule has 0 bridgehead atoms. The molecular formula is C31H38FNO3. The minimum absolute atomic E-state index is 0.180. The van der Waals surface area contributed by atoms with Crippen molar-refractivity contribution in [1.82, 2.24) is 4.90 Å². The van der Waals surface area contributed by atoms with Crippen molar-refractivity contribution >= 4 is 11.1 Å². The molecule has 0 spiro atoms. The van der Waals surface area contributed by atoms with E-state index in [1.807, 2.05) is 44.2 Å². The van der Waals surface area contributed by atoms with Gasteiger partial charge in [-0.25, -0.2) is 0 Å². The molecule has 4 nitrogen and oxygen atoms in total. The summed E-state index contributed by atoms with van der Waals surface area (Å²) in [4.78, 5) is 2.23. The third-order valence-electron chi connectivity index (χ3n) is 6.40. The number of benzene rings is 3.